The third-order valence-corrected chi connectivity index (χ3v) is 2.54. The van der Waals surface area contributed by atoms with Gasteiger partial charge in [-0.05, 0) is 44.4 Å². The van der Waals surface area contributed by atoms with Crippen LogP contribution < -0.4 is 5.32 Å². The van der Waals surface area contributed by atoms with Crippen molar-refractivity contribution < 1.29 is 4.74 Å². The zero-order valence-electron chi connectivity index (χ0n) is 12.4. The van der Waals surface area contributed by atoms with Crippen molar-refractivity contribution in [3.05, 3.63) is 35.4 Å². The average molecular weight is 249 g/mol. The van der Waals surface area contributed by atoms with Gasteiger partial charge in [-0.3, -0.25) is 0 Å². The van der Waals surface area contributed by atoms with Crippen LogP contribution in [0, 0.1) is 5.92 Å². The van der Waals surface area contributed by atoms with Crippen molar-refractivity contribution >= 4 is 0 Å². The molecule has 0 spiro atoms. The van der Waals surface area contributed by atoms with E-state index in [1.807, 2.05) is 0 Å². The number of ether oxygens (including phenoxy) is 1. The van der Waals surface area contributed by atoms with Gasteiger partial charge in [-0.1, -0.05) is 38.1 Å². The third-order valence-electron chi connectivity index (χ3n) is 2.54. The first-order valence-electron chi connectivity index (χ1n) is 6.79. The van der Waals surface area contributed by atoms with E-state index in [4.69, 9.17) is 4.74 Å². The Bertz CT molecular complexity index is 352. The van der Waals surface area contributed by atoms with Gasteiger partial charge >= 0.3 is 0 Å². The zero-order valence-corrected chi connectivity index (χ0v) is 12.4. The lowest BCUT2D eigenvalue weighted by atomic mass is 10.1. The fraction of sp³-hybridized carbons (Fsp3) is 0.625. The maximum absolute atomic E-state index is 5.79. The van der Waals surface area contributed by atoms with Crippen LogP contribution in [0.2, 0.25) is 0 Å². The van der Waals surface area contributed by atoms with Gasteiger partial charge in [0, 0.05) is 6.54 Å². The summed E-state index contributed by atoms with van der Waals surface area (Å²) in [5.74, 6) is 0.692. The van der Waals surface area contributed by atoms with Crippen molar-refractivity contribution in [3.63, 3.8) is 0 Å². The van der Waals surface area contributed by atoms with Crippen LogP contribution in [-0.2, 0) is 17.9 Å². The summed E-state index contributed by atoms with van der Waals surface area (Å²) in [6, 6.07) is 8.61. The highest BCUT2D eigenvalue weighted by Crippen LogP contribution is 2.13. The monoisotopic (exact) mass is 249 g/mol. The molecule has 1 N–H and O–H groups in total. The largest absolute Gasteiger partial charge is 0.371 e. The summed E-state index contributed by atoms with van der Waals surface area (Å²) in [6.07, 6.45) is 0. The molecule has 0 fully saturated rings. The molecule has 0 aliphatic carbocycles. The lowest BCUT2D eigenvalue weighted by Crippen LogP contribution is -2.20. The fourth-order valence-corrected chi connectivity index (χ4v) is 1.63. The van der Waals surface area contributed by atoms with E-state index in [1.165, 1.54) is 11.1 Å². The topological polar surface area (TPSA) is 21.3 Å². The van der Waals surface area contributed by atoms with Crippen LogP contribution in [-0.4, -0.2) is 12.1 Å². The summed E-state index contributed by atoms with van der Waals surface area (Å²) in [6.45, 7) is 13.4. The lowest BCUT2D eigenvalue weighted by molar-refractivity contribution is -0.0149. The van der Waals surface area contributed by atoms with E-state index < -0.39 is 0 Å². The molecule has 0 atom stereocenters. The molecule has 0 aliphatic rings. The summed E-state index contributed by atoms with van der Waals surface area (Å²) in [5, 5.41) is 3.46. The zero-order chi connectivity index (χ0) is 13.6. The van der Waals surface area contributed by atoms with Gasteiger partial charge in [0.05, 0.1) is 12.2 Å². The minimum absolute atomic E-state index is 0.0775. The Kier molecular flexibility index (Phi) is 5.83. The highest BCUT2D eigenvalue weighted by Gasteiger charge is 2.09. The van der Waals surface area contributed by atoms with Crippen LogP contribution in [0.5, 0.6) is 0 Å². The summed E-state index contributed by atoms with van der Waals surface area (Å²) < 4.78 is 5.79. The molecule has 2 nitrogen and oxygen atoms in total. The molecule has 0 aliphatic heterocycles. The quantitative estimate of drug-likeness (QED) is 0.829. The first-order valence-corrected chi connectivity index (χ1v) is 6.79. The van der Waals surface area contributed by atoms with E-state index in [0.29, 0.717) is 12.5 Å². The lowest BCUT2D eigenvalue weighted by Gasteiger charge is -2.19. The smallest absolute Gasteiger partial charge is 0.0724 e. The molecule has 0 aromatic heterocycles. The second-order valence-corrected chi connectivity index (χ2v) is 6.25. The highest BCUT2D eigenvalue weighted by atomic mass is 16.5. The van der Waals surface area contributed by atoms with Crippen molar-refractivity contribution in [1.29, 1.82) is 0 Å². The summed E-state index contributed by atoms with van der Waals surface area (Å²) in [7, 11) is 0. The number of rotatable bonds is 6. The van der Waals surface area contributed by atoms with Gasteiger partial charge in [-0.25, -0.2) is 0 Å². The molecule has 0 amide bonds. The summed E-state index contributed by atoms with van der Waals surface area (Å²) in [4.78, 5) is 0. The van der Waals surface area contributed by atoms with Crippen LogP contribution in [0.3, 0.4) is 0 Å². The van der Waals surface area contributed by atoms with Crippen molar-refractivity contribution in [2.24, 2.45) is 5.92 Å². The van der Waals surface area contributed by atoms with Crippen LogP contribution in [0.25, 0.3) is 0 Å². The van der Waals surface area contributed by atoms with Crippen molar-refractivity contribution in [1.82, 2.24) is 5.32 Å². The van der Waals surface area contributed by atoms with Crippen molar-refractivity contribution in [2.45, 2.75) is 53.4 Å². The number of nitrogens with one attached hydrogen (secondary N) is 1. The SMILES string of the molecule is CC(C)CNCc1cccc(COC(C)(C)C)c1. The Morgan fingerprint density at radius 1 is 1.17 bits per heavy atom. The van der Waals surface area contributed by atoms with E-state index in [1.54, 1.807) is 0 Å². The summed E-state index contributed by atoms with van der Waals surface area (Å²) in [5.41, 5.74) is 2.49. The maximum atomic E-state index is 5.79. The number of hydrogen-bond donors (Lipinski definition) is 1. The van der Waals surface area contributed by atoms with Crippen LogP contribution in [0.4, 0.5) is 0 Å². The van der Waals surface area contributed by atoms with Crippen molar-refractivity contribution in [3.8, 4) is 0 Å². The molecule has 102 valence electrons. The third kappa shape index (κ3) is 6.77. The molecule has 18 heavy (non-hydrogen) atoms. The molecule has 0 saturated carbocycles. The molecule has 0 unspecified atom stereocenters. The van der Waals surface area contributed by atoms with Crippen LogP contribution in [0.1, 0.15) is 45.7 Å². The van der Waals surface area contributed by atoms with Gasteiger partial charge in [0.15, 0.2) is 0 Å². The molecular formula is C16H27NO. The summed E-state index contributed by atoms with van der Waals surface area (Å²) >= 11 is 0. The molecule has 1 rings (SSSR count). The predicted octanol–water partition coefficient (Wildman–Crippen LogP) is 3.75. The standard InChI is InChI=1S/C16H27NO/c1-13(2)10-17-11-14-7-6-8-15(9-14)12-18-16(3,4)5/h6-9,13,17H,10-12H2,1-5H3. The fourth-order valence-electron chi connectivity index (χ4n) is 1.63. The van der Waals surface area contributed by atoms with E-state index >= 15 is 0 Å². The minimum Gasteiger partial charge on any atom is -0.371 e. The normalized spacial score (nSPS) is 12.1. The van der Waals surface area contributed by atoms with Gasteiger partial charge in [0.2, 0.25) is 0 Å². The van der Waals surface area contributed by atoms with E-state index in [2.05, 4.69) is 64.2 Å². The minimum atomic E-state index is -0.0775. The van der Waals surface area contributed by atoms with Crippen LogP contribution >= 0.6 is 0 Å². The Morgan fingerprint density at radius 2 is 1.83 bits per heavy atom. The first-order chi connectivity index (χ1) is 8.37. The molecule has 2 heteroatoms. The van der Waals surface area contributed by atoms with Crippen LogP contribution in [0.15, 0.2) is 24.3 Å². The molecular weight excluding hydrogens is 222 g/mol. The van der Waals surface area contributed by atoms with E-state index in [9.17, 15) is 0 Å². The Hall–Kier alpha value is -0.860. The highest BCUT2D eigenvalue weighted by molar-refractivity contribution is 5.22. The molecule has 0 bridgehead atoms. The van der Waals surface area contributed by atoms with E-state index in [-0.39, 0.29) is 5.60 Å². The van der Waals surface area contributed by atoms with Gasteiger partial charge in [0.1, 0.15) is 0 Å². The molecule has 0 radical (unpaired) electrons. The van der Waals surface area contributed by atoms with E-state index in [0.717, 1.165) is 13.1 Å². The van der Waals surface area contributed by atoms with Gasteiger partial charge in [-0.2, -0.15) is 0 Å². The molecule has 0 heterocycles. The van der Waals surface area contributed by atoms with Gasteiger partial charge in [-0.15, -0.1) is 0 Å². The number of benzene rings is 1. The maximum Gasteiger partial charge on any atom is 0.0724 e. The Labute approximate surface area is 112 Å². The first kappa shape index (κ1) is 15.2. The molecule has 1 aromatic rings. The Morgan fingerprint density at radius 3 is 2.44 bits per heavy atom. The molecule has 0 saturated heterocycles. The van der Waals surface area contributed by atoms with Gasteiger partial charge < -0.3 is 10.1 Å². The predicted molar refractivity (Wildman–Crippen MR) is 77.5 cm³/mol. The van der Waals surface area contributed by atoms with Crippen molar-refractivity contribution in [2.75, 3.05) is 6.54 Å². The second kappa shape index (κ2) is 6.91. The average Bonchev–Trinajstić information content (AvgIpc) is 2.26. The molecule has 1 aromatic carbocycles. The Balaban J connectivity index is 2.46. The van der Waals surface area contributed by atoms with Gasteiger partial charge in [0.25, 0.3) is 0 Å². The second-order valence-electron chi connectivity index (χ2n) is 6.25. The number of hydrogen-bond acceptors (Lipinski definition) is 2.